The Morgan fingerprint density at radius 1 is 1.14 bits per heavy atom. The first-order valence-corrected chi connectivity index (χ1v) is 7.11. The topological polar surface area (TPSA) is 55.4 Å². The average Bonchev–Trinajstić information content (AvgIpc) is 2.50. The van der Waals surface area contributed by atoms with Crippen LogP contribution in [0.3, 0.4) is 0 Å². The Kier molecular flexibility index (Phi) is 5.51. The van der Waals surface area contributed by atoms with Gasteiger partial charge in [-0.3, -0.25) is 10.1 Å². The number of hydrogen-bond donors (Lipinski definition) is 1. The molecule has 0 saturated carbocycles. The highest BCUT2D eigenvalue weighted by atomic mass is 79.9. The van der Waals surface area contributed by atoms with Crippen LogP contribution in [0.2, 0.25) is 0 Å². The largest absolute Gasteiger partial charge is 0.437 e. The number of carbonyl (C=O) groups is 1. The van der Waals surface area contributed by atoms with E-state index in [1.165, 1.54) is 0 Å². The third-order valence-electron chi connectivity index (χ3n) is 2.74. The standard InChI is InChI=1S/C16H13BrNO3/c17-13-6-8-14(9-7-13)18-16(20)21-15(11-19)10-12-4-2-1-3-5-12/h1-9,15H,10H2,(H,18,20)/t15-/m0/s1. The lowest BCUT2D eigenvalue weighted by atomic mass is 10.1. The first-order chi connectivity index (χ1) is 10.2. The highest BCUT2D eigenvalue weighted by Crippen LogP contribution is 2.14. The number of carbonyl (C=O) groups excluding carboxylic acids is 2. The van der Waals surface area contributed by atoms with Crippen LogP contribution >= 0.6 is 15.9 Å². The number of hydrogen-bond acceptors (Lipinski definition) is 3. The molecule has 2 rings (SSSR count). The van der Waals surface area contributed by atoms with Crippen LogP contribution in [0.1, 0.15) is 5.56 Å². The van der Waals surface area contributed by atoms with Crippen LogP contribution in [0.15, 0.2) is 59.1 Å². The fourth-order valence-corrected chi connectivity index (χ4v) is 2.01. The summed E-state index contributed by atoms with van der Waals surface area (Å²) in [7, 11) is 0. The van der Waals surface area contributed by atoms with Gasteiger partial charge < -0.3 is 4.74 Å². The zero-order valence-corrected chi connectivity index (χ0v) is 12.7. The van der Waals surface area contributed by atoms with Crippen LogP contribution in [0.25, 0.3) is 0 Å². The zero-order chi connectivity index (χ0) is 15.1. The molecule has 1 radical (unpaired) electrons. The van der Waals surface area contributed by atoms with Crippen molar-refractivity contribution in [2.75, 3.05) is 5.32 Å². The molecule has 0 heterocycles. The highest BCUT2D eigenvalue weighted by Gasteiger charge is 2.15. The van der Waals surface area contributed by atoms with Crippen molar-refractivity contribution < 1.29 is 14.3 Å². The second kappa shape index (κ2) is 7.59. The fraction of sp³-hybridized carbons (Fsp3) is 0.125. The number of benzene rings is 2. The minimum absolute atomic E-state index is 0.304. The second-order valence-corrected chi connectivity index (χ2v) is 5.25. The summed E-state index contributed by atoms with van der Waals surface area (Å²) in [5.74, 6) is 0. The van der Waals surface area contributed by atoms with Gasteiger partial charge in [-0.1, -0.05) is 46.3 Å². The van der Waals surface area contributed by atoms with E-state index in [1.807, 2.05) is 30.3 Å². The van der Waals surface area contributed by atoms with Crippen LogP contribution in [0.4, 0.5) is 10.5 Å². The van der Waals surface area contributed by atoms with E-state index in [2.05, 4.69) is 21.2 Å². The normalized spacial score (nSPS) is 11.5. The molecule has 2 aromatic rings. The molecule has 2 aromatic carbocycles. The molecule has 107 valence electrons. The van der Waals surface area contributed by atoms with E-state index in [1.54, 1.807) is 30.6 Å². The van der Waals surface area contributed by atoms with Crippen molar-refractivity contribution >= 4 is 34.0 Å². The van der Waals surface area contributed by atoms with Gasteiger partial charge in [-0.25, -0.2) is 4.79 Å². The minimum atomic E-state index is -0.928. The van der Waals surface area contributed by atoms with Gasteiger partial charge in [-0.05, 0) is 29.8 Å². The van der Waals surface area contributed by atoms with Gasteiger partial charge >= 0.3 is 6.09 Å². The van der Waals surface area contributed by atoms with Gasteiger partial charge in [0, 0.05) is 16.6 Å². The SMILES string of the molecule is O=[C][C@H](Cc1ccccc1)OC(=O)Nc1ccc(Br)cc1. The Hall–Kier alpha value is -2.14. The minimum Gasteiger partial charge on any atom is -0.437 e. The quantitative estimate of drug-likeness (QED) is 0.897. The van der Waals surface area contributed by atoms with Gasteiger partial charge in [0.15, 0.2) is 6.10 Å². The number of amides is 1. The van der Waals surface area contributed by atoms with Crippen LogP contribution in [0, 0.1) is 0 Å². The van der Waals surface area contributed by atoms with E-state index in [0.717, 1.165) is 10.0 Å². The maximum atomic E-state index is 11.7. The van der Waals surface area contributed by atoms with E-state index in [9.17, 15) is 9.59 Å². The van der Waals surface area contributed by atoms with Crippen LogP contribution in [-0.4, -0.2) is 18.5 Å². The predicted octanol–water partition coefficient (Wildman–Crippen LogP) is 3.72. The molecule has 0 aromatic heterocycles. The molecule has 1 atom stereocenters. The number of nitrogens with one attached hydrogen (secondary N) is 1. The van der Waals surface area contributed by atoms with Gasteiger partial charge in [0.05, 0.1) is 0 Å². The van der Waals surface area contributed by atoms with Gasteiger partial charge in [0.1, 0.15) is 0 Å². The lowest BCUT2D eigenvalue weighted by molar-refractivity contribution is 0.140. The van der Waals surface area contributed by atoms with Crippen molar-refractivity contribution in [3.05, 3.63) is 64.6 Å². The molecule has 0 fully saturated rings. The lowest BCUT2D eigenvalue weighted by Gasteiger charge is -2.12. The molecule has 0 saturated heterocycles. The Labute approximate surface area is 131 Å². The number of rotatable bonds is 5. The molecule has 0 aliphatic heterocycles. The van der Waals surface area contributed by atoms with Gasteiger partial charge in [-0.2, -0.15) is 0 Å². The van der Waals surface area contributed by atoms with E-state index in [0.29, 0.717) is 12.1 Å². The second-order valence-electron chi connectivity index (χ2n) is 4.33. The van der Waals surface area contributed by atoms with Crippen molar-refractivity contribution in [3.8, 4) is 0 Å². The van der Waals surface area contributed by atoms with Crippen molar-refractivity contribution in [2.45, 2.75) is 12.5 Å². The molecule has 5 heteroatoms. The average molecular weight is 347 g/mol. The summed E-state index contributed by atoms with van der Waals surface area (Å²) in [6.07, 6.45) is 0.432. The van der Waals surface area contributed by atoms with Crippen molar-refractivity contribution in [1.29, 1.82) is 0 Å². The molecule has 1 N–H and O–H groups in total. The fourth-order valence-electron chi connectivity index (χ4n) is 1.75. The van der Waals surface area contributed by atoms with E-state index < -0.39 is 12.2 Å². The monoisotopic (exact) mass is 346 g/mol. The first kappa shape index (κ1) is 15.3. The van der Waals surface area contributed by atoms with E-state index >= 15 is 0 Å². The Bertz CT molecular complexity index is 599. The van der Waals surface area contributed by atoms with Gasteiger partial charge in [0.2, 0.25) is 6.29 Å². The summed E-state index contributed by atoms with van der Waals surface area (Å²) in [6, 6.07) is 16.4. The molecule has 0 spiro atoms. The van der Waals surface area contributed by atoms with E-state index in [-0.39, 0.29) is 0 Å². The van der Waals surface area contributed by atoms with Crippen molar-refractivity contribution in [3.63, 3.8) is 0 Å². The third kappa shape index (κ3) is 5.04. The van der Waals surface area contributed by atoms with Crippen molar-refractivity contribution in [1.82, 2.24) is 0 Å². The Balaban J connectivity index is 1.90. The van der Waals surface area contributed by atoms with E-state index in [4.69, 9.17) is 4.74 Å². The van der Waals surface area contributed by atoms with Crippen molar-refractivity contribution in [2.24, 2.45) is 0 Å². The van der Waals surface area contributed by atoms with Crippen LogP contribution in [-0.2, 0) is 16.0 Å². The summed E-state index contributed by atoms with van der Waals surface area (Å²) in [6.45, 7) is 0. The summed E-state index contributed by atoms with van der Waals surface area (Å²) in [5, 5.41) is 2.56. The molecule has 21 heavy (non-hydrogen) atoms. The Morgan fingerprint density at radius 3 is 2.43 bits per heavy atom. The third-order valence-corrected chi connectivity index (χ3v) is 3.26. The summed E-state index contributed by atoms with van der Waals surface area (Å²) >= 11 is 3.30. The lowest BCUT2D eigenvalue weighted by Crippen LogP contribution is -2.25. The summed E-state index contributed by atoms with van der Waals surface area (Å²) < 4.78 is 5.96. The van der Waals surface area contributed by atoms with Gasteiger partial charge in [0.25, 0.3) is 0 Å². The highest BCUT2D eigenvalue weighted by molar-refractivity contribution is 9.10. The van der Waals surface area contributed by atoms with Crippen LogP contribution < -0.4 is 5.32 Å². The summed E-state index contributed by atoms with van der Waals surface area (Å²) in [4.78, 5) is 22.6. The molecule has 4 nitrogen and oxygen atoms in total. The predicted molar refractivity (Wildman–Crippen MR) is 83.9 cm³/mol. The maximum absolute atomic E-state index is 11.7. The molecule has 0 aliphatic rings. The number of halogens is 1. The molecule has 0 aliphatic carbocycles. The zero-order valence-electron chi connectivity index (χ0n) is 11.1. The molecular weight excluding hydrogens is 334 g/mol. The molecule has 0 bridgehead atoms. The maximum Gasteiger partial charge on any atom is 0.412 e. The number of anilines is 1. The first-order valence-electron chi connectivity index (χ1n) is 6.32. The Morgan fingerprint density at radius 2 is 1.81 bits per heavy atom. The molecule has 1 amide bonds. The smallest absolute Gasteiger partial charge is 0.412 e. The number of ether oxygens (including phenoxy) is 1. The summed E-state index contributed by atoms with van der Waals surface area (Å²) in [5.41, 5.74) is 1.50. The molecule has 0 unspecified atom stereocenters. The van der Waals surface area contributed by atoms with Gasteiger partial charge in [-0.15, -0.1) is 0 Å². The molecular formula is C16H13BrNO3. The van der Waals surface area contributed by atoms with Crippen LogP contribution in [0.5, 0.6) is 0 Å².